The van der Waals surface area contributed by atoms with Gasteiger partial charge in [-0.25, -0.2) is 0 Å². The largest absolute Gasteiger partial charge is 0.322 e. The smallest absolute Gasteiger partial charge is 0.255 e. The number of hydrogen-bond donors (Lipinski definition) is 0. The molecule has 1 aromatic carbocycles. The Morgan fingerprint density at radius 1 is 1.26 bits per heavy atom. The first-order valence-electron chi connectivity index (χ1n) is 6.44. The van der Waals surface area contributed by atoms with Crippen LogP contribution in [-0.2, 0) is 11.3 Å². The summed E-state index contributed by atoms with van der Waals surface area (Å²) < 4.78 is 0. The number of allylic oxidation sites excluding steroid dienone is 1. The van der Waals surface area contributed by atoms with Crippen LogP contribution in [0.15, 0.2) is 36.5 Å². The summed E-state index contributed by atoms with van der Waals surface area (Å²) in [5.41, 5.74) is 2.56. The number of rotatable bonds is 1. The topological polar surface area (TPSA) is 40.6 Å². The van der Waals surface area contributed by atoms with E-state index in [9.17, 15) is 9.59 Å². The van der Waals surface area contributed by atoms with E-state index in [0.717, 1.165) is 23.2 Å². The van der Waals surface area contributed by atoms with Gasteiger partial charge < -0.3 is 9.80 Å². The molecular formula is C15H16N2O2. The fourth-order valence-corrected chi connectivity index (χ4v) is 2.79. The van der Waals surface area contributed by atoms with Crippen LogP contribution >= 0.6 is 0 Å². The minimum Gasteiger partial charge on any atom is -0.322 e. The molecule has 98 valence electrons. The molecule has 2 aliphatic heterocycles. The Bertz CT molecular complexity index is 579. The molecule has 0 aromatic heterocycles. The van der Waals surface area contributed by atoms with Gasteiger partial charge in [-0.15, -0.1) is 0 Å². The number of nitrogens with zero attached hydrogens (tertiary/aromatic N) is 2. The van der Waals surface area contributed by atoms with Gasteiger partial charge in [-0.2, -0.15) is 0 Å². The molecule has 0 radical (unpaired) electrons. The second-order valence-electron chi connectivity index (χ2n) is 5.11. The van der Waals surface area contributed by atoms with Crippen LogP contribution in [0, 0.1) is 0 Å². The molecule has 1 atom stereocenters. The predicted octanol–water partition coefficient (Wildman–Crippen LogP) is 1.78. The Balaban J connectivity index is 1.88. The average molecular weight is 256 g/mol. The average Bonchev–Trinajstić information content (AvgIpc) is 2.74. The Labute approximate surface area is 112 Å². The van der Waals surface area contributed by atoms with E-state index < -0.39 is 0 Å². The van der Waals surface area contributed by atoms with E-state index in [1.807, 2.05) is 24.3 Å². The van der Waals surface area contributed by atoms with Crippen molar-refractivity contribution in [3.63, 3.8) is 0 Å². The lowest BCUT2D eigenvalue weighted by Gasteiger charge is -2.35. The molecule has 4 heteroatoms. The zero-order valence-electron chi connectivity index (χ0n) is 10.9. The Morgan fingerprint density at radius 3 is 2.74 bits per heavy atom. The molecule has 0 aliphatic carbocycles. The summed E-state index contributed by atoms with van der Waals surface area (Å²) in [7, 11) is 1.73. The lowest BCUT2D eigenvalue weighted by Crippen LogP contribution is -2.50. The van der Waals surface area contributed by atoms with Gasteiger partial charge in [0.25, 0.3) is 5.91 Å². The van der Waals surface area contributed by atoms with Crippen molar-refractivity contribution < 1.29 is 9.59 Å². The molecule has 3 rings (SSSR count). The summed E-state index contributed by atoms with van der Waals surface area (Å²) in [6.45, 7) is 4.40. The molecule has 0 N–H and O–H groups in total. The van der Waals surface area contributed by atoms with Crippen molar-refractivity contribution in [3.05, 3.63) is 47.7 Å². The summed E-state index contributed by atoms with van der Waals surface area (Å²) >= 11 is 0. The third-order valence-electron chi connectivity index (χ3n) is 4.02. The van der Waals surface area contributed by atoms with Crippen LogP contribution in [0.25, 0.3) is 0 Å². The van der Waals surface area contributed by atoms with Crippen LogP contribution in [0.1, 0.15) is 28.8 Å². The van der Waals surface area contributed by atoms with Gasteiger partial charge in [0.2, 0.25) is 5.91 Å². The van der Waals surface area contributed by atoms with Crippen molar-refractivity contribution in [3.8, 4) is 0 Å². The molecule has 1 unspecified atom stereocenters. The third kappa shape index (κ3) is 1.75. The van der Waals surface area contributed by atoms with Crippen LogP contribution in [-0.4, -0.2) is 34.7 Å². The Hall–Kier alpha value is -2.10. The van der Waals surface area contributed by atoms with E-state index in [2.05, 4.69) is 6.58 Å². The molecule has 1 saturated heterocycles. The van der Waals surface area contributed by atoms with Crippen molar-refractivity contribution in [2.24, 2.45) is 0 Å². The first-order valence-corrected chi connectivity index (χ1v) is 6.44. The van der Waals surface area contributed by atoms with E-state index in [4.69, 9.17) is 0 Å². The molecule has 1 aromatic rings. The van der Waals surface area contributed by atoms with Gasteiger partial charge in [-0.3, -0.25) is 9.59 Å². The number of hydrogen-bond acceptors (Lipinski definition) is 2. The monoisotopic (exact) mass is 256 g/mol. The minimum atomic E-state index is -0.351. The van der Waals surface area contributed by atoms with E-state index in [1.165, 1.54) is 0 Å². The lowest BCUT2D eigenvalue weighted by atomic mass is 10.0. The number of likely N-dealkylation sites (N-methyl/N-ethyl adjacent to an activating group) is 1. The van der Waals surface area contributed by atoms with Gasteiger partial charge in [0.1, 0.15) is 6.04 Å². The quantitative estimate of drug-likeness (QED) is 0.768. The van der Waals surface area contributed by atoms with E-state index in [1.54, 1.807) is 16.8 Å². The standard InChI is InChI=1S/C15H16N2O2/c1-10-7-8-13(15(19)16(10)2)17-9-11-5-3-4-6-12(11)14(17)18/h3-6,13H,1,7-9H2,2H3. The second kappa shape index (κ2) is 4.23. The highest BCUT2D eigenvalue weighted by Crippen LogP contribution is 2.30. The molecular weight excluding hydrogens is 240 g/mol. The summed E-state index contributed by atoms with van der Waals surface area (Å²) in [5, 5.41) is 0. The molecule has 0 saturated carbocycles. The van der Waals surface area contributed by atoms with Crippen LogP contribution < -0.4 is 0 Å². The van der Waals surface area contributed by atoms with Gasteiger partial charge >= 0.3 is 0 Å². The van der Waals surface area contributed by atoms with E-state index >= 15 is 0 Å². The van der Waals surface area contributed by atoms with E-state index in [-0.39, 0.29) is 17.9 Å². The summed E-state index contributed by atoms with van der Waals surface area (Å²) in [6.07, 6.45) is 1.43. The Morgan fingerprint density at radius 2 is 2.00 bits per heavy atom. The fraction of sp³-hybridized carbons (Fsp3) is 0.333. The predicted molar refractivity (Wildman–Crippen MR) is 71.2 cm³/mol. The van der Waals surface area contributed by atoms with Crippen molar-refractivity contribution in [2.45, 2.75) is 25.4 Å². The van der Waals surface area contributed by atoms with Crippen molar-refractivity contribution in [2.75, 3.05) is 7.05 Å². The van der Waals surface area contributed by atoms with Crippen LogP contribution in [0.5, 0.6) is 0 Å². The van der Waals surface area contributed by atoms with Crippen LogP contribution in [0.3, 0.4) is 0 Å². The van der Waals surface area contributed by atoms with Gasteiger partial charge in [0.15, 0.2) is 0 Å². The molecule has 19 heavy (non-hydrogen) atoms. The number of piperidine rings is 1. The zero-order chi connectivity index (χ0) is 13.6. The molecule has 1 fully saturated rings. The molecule has 0 spiro atoms. The van der Waals surface area contributed by atoms with Crippen LogP contribution in [0.2, 0.25) is 0 Å². The van der Waals surface area contributed by atoms with Gasteiger partial charge in [-0.1, -0.05) is 24.8 Å². The van der Waals surface area contributed by atoms with Crippen molar-refractivity contribution in [1.29, 1.82) is 0 Å². The molecule has 0 bridgehead atoms. The SMILES string of the molecule is C=C1CCC(N2Cc3ccccc3C2=O)C(=O)N1C. The van der Waals surface area contributed by atoms with Crippen LogP contribution in [0.4, 0.5) is 0 Å². The number of fused-ring (bicyclic) bond motifs is 1. The number of amides is 2. The molecule has 2 heterocycles. The first-order chi connectivity index (χ1) is 9.09. The fourth-order valence-electron chi connectivity index (χ4n) is 2.79. The highest BCUT2D eigenvalue weighted by atomic mass is 16.2. The minimum absolute atomic E-state index is 0.0302. The zero-order valence-corrected chi connectivity index (χ0v) is 10.9. The summed E-state index contributed by atoms with van der Waals surface area (Å²) in [6, 6.07) is 7.20. The number of carbonyl (C=O) groups excluding carboxylic acids is 2. The maximum absolute atomic E-state index is 12.4. The number of carbonyl (C=O) groups is 2. The molecule has 2 amide bonds. The van der Waals surface area contributed by atoms with Gasteiger partial charge in [-0.05, 0) is 24.5 Å². The molecule has 2 aliphatic rings. The maximum Gasteiger partial charge on any atom is 0.255 e. The highest BCUT2D eigenvalue weighted by Gasteiger charge is 2.39. The number of benzene rings is 1. The normalized spacial score (nSPS) is 23.0. The summed E-state index contributed by atoms with van der Waals surface area (Å²) in [4.78, 5) is 27.9. The summed E-state index contributed by atoms with van der Waals surface area (Å²) in [5.74, 6) is -0.0627. The maximum atomic E-state index is 12.4. The number of likely N-dealkylation sites (tertiary alicyclic amines) is 1. The Kier molecular flexibility index (Phi) is 2.66. The second-order valence-corrected chi connectivity index (χ2v) is 5.11. The molecule has 4 nitrogen and oxygen atoms in total. The lowest BCUT2D eigenvalue weighted by molar-refractivity contribution is -0.135. The van der Waals surface area contributed by atoms with Crippen molar-refractivity contribution in [1.82, 2.24) is 9.80 Å². The van der Waals surface area contributed by atoms with E-state index in [0.29, 0.717) is 13.0 Å². The van der Waals surface area contributed by atoms with Gasteiger partial charge in [0.05, 0.1) is 0 Å². The first kappa shape index (κ1) is 12.0. The van der Waals surface area contributed by atoms with Gasteiger partial charge in [0, 0.05) is 24.9 Å². The van der Waals surface area contributed by atoms with Crippen molar-refractivity contribution >= 4 is 11.8 Å². The highest BCUT2D eigenvalue weighted by molar-refractivity contribution is 6.01. The third-order valence-corrected chi connectivity index (χ3v) is 4.02.